The molecule has 3 radical (unpaired) electrons. The SMILES string of the molecule is [Si]P1NCCN1. The van der Waals surface area contributed by atoms with Gasteiger partial charge in [-0.25, -0.2) is 0 Å². The zero-order chi connectivity index (χ0) is 4.41. The van der Waals surface area contributed by atoms with E-state index in [1.807, 2.05) is 0 Å². The number of nitrogens with one attached hydrogen (secondary N) is 2. The van der Waals surface area contributed by atoms with E-state index < -0.39 is 0 Å². The largest absolute Gasteiger partial charge is 0.287 e. The first kappa shape index (κ1) is 4.72. The Balaban J connectivity index is 2.18. The smallest absolute Gasteiger partial charge is 0.109 e. The Morgan fingerprint density at radius 2 is 1.83 bits per heavy atom. The van der Waals surface area contributed by atoms with Crippen LogP contribution in [0.4, 0.5) is 0 Å². The predicted octanol–water partition coefficient (Wildman–Crippen LogP) is -0.425. The number of rotatable bonds is 0. The van der Waals surface area contributed by atoms with Crippen molar-refractivity contribution in [2.75, 3.05) is 13.1 Å². The zero-order valence-corrected chi connectivity index (χ0v) is 5.26. The van der Waals surface area contributed by atoms with Gasteiger partial charge in [0.2, 0.25) is 0 Å². The molecule has 0 saturated carbocycles. The van der Waals surface area contributed by atoms with E-state index in [-0.39, 0.29) is 7.77 Å². The van der Waals surface area contributed by atoms with Crippen LogP contribution in [0.15, 0.2) is 0 Å². The van der Waals surface area contributed by atoms with Gasteiger partial charge in [0.05, 0.1) is 0 Å². The first-order valence-corrected chi connectivity index (χ1v) is 4.56. The van der Waals surface area contributed by atoms with E-state index >= 15 is 0 Å². The van der Waals surface area contributed by atoms with Crippen LogP contribution in [0, 0.1) is 0 Å². The topological polar surface area (TPSA) is 24.1 Å². The summed E-state index contributed by atoms with van der Waals surface area (Å²) >= 11 is 0. The molecule has 1 aliphatic rings. The normalized spacial score (nSPS) is 25.5. The number of hydrogen-bond donors (Lipinski definition) is 2. The summed E-state index contributed by atoms with van der Waals surface area (Å²) in [6, 6.07) is 0. The molecular formula is C2H6N2PSi. The summed E-state index contributed by atoms with van der Waals surface area (Å²) in [5.74, 6) is 0. The molecule has 0 aliphatic carbocycles. The van der Waals surface area contributed by atoms with Gasteiger partial charge in [-0.05, 0) is 0 Å². The van der Waals surface area contributed by atoms with E-state index in [0.717, 1.165) is 13.1 Å². The lowest BCUT2D eigenvalue weighted by atomic mass is 10.7. The quantitative estimate of drug-likeness (QED) is 0.332. The van der Waals surface area contributed by atoms with Crippen LogP contribution < -0.4 is 10.2 Å². The van der Waals surface area contributed by atoms with Crippen LogP contribution in [-0.4, -0.2) is 23.0 Å². The molecule has 4 heteroatoms. The van der Waals surface area contributed by atoms with Crippen LogP contribution >= 0.6 is 7.77 Å². The van der Waals surface area contributed by atoms with Crippen molar-refractivity contribution in [2.24, 2.45) is 0 Å². The molecular weight excluding hydrogens is 111 g/mol. The molecule has 1 fully saturated rings. The third-order valence-electron chi connectivity index (χ3n) is 0.665. The molecule has 1 heterocycles. The third kappa shape index (κ3) is 1.01. The van der Waals surface area contributed by atoms with Crippen molar-refractivity contribution in [1.82, 2.24) is 10.2 Å². The predicted molar refractivity (Wildman–Crippen MR) is 28.7 cm³/mol. The van der Waals surface area contributed by atoms with Crippen molar-refractivity contribution < 1.29 is 0 Å². The molecule has 0 aromatic carbocycles. The average molecular weight is 117 g/mol. The Hall–Kier alpha value is 0.567. The van der Waals surface area contributed by atoms with Crippen molar-refractivity contribution in [3.05, 3.63) is 0 Å². The molecule has 0 spiro atoms. The first-order chi connectivity index (χ1) is 2.89. The Morgan fingerprint density at radius 3 is 2.00 bits per heavy atom. The molecule has 0 amide bonds. The summed E-state index contributed by atoms with van der Waals surface area (Å²) in [7, 11) is 3.27. The summed E-state index contributed by atoms with van der Waals surface area (Å²) in [4.78, 5) is 0. The second-order valence-electron chi connectivity index (χ2n) is 1.15. The van der Waals surface area contributed by atoms with Gasteiger partial charge in [0.15, 0.2) is 0 Å². The maximum absolute atomic E-state index is 3.43. The summed E-state index contributed by atoms with van der Waals surface area (Å²) in [6.45, 7) is 2.21. The van der Waals surface area contributed by atoms with Crippen LogP contribution in [-0.2, 0) is 0 Å². The van der Waals surface area contributed by atoms with Crippen molar-refractivity contribution in [2.45, 2.75) is 0 Å². The van der Waals surface area contributed by atoms with Gasteiger partial charge in [0.1, 0.15) is 9.91 Å². The molecule has 1 saturated heterocycles. The molecule has 0 aromatic heterocycles. The Bertz CT molecular complexity index is 44.8. The standard InChI is InChI=1S/C2H6N2PSi/c6-5-3-1-2-4-5/h3-4H,1-2H2. The van der Waals surface area contributed by atoms with Gasteiger partial charge >= 0.3 is 0 Å². The van der Waals surface area contributed by atoms with Gasteiger partial charge < -0.3 is 0 Å². The lowest BCUT2D eigenvalue weighted by molar-refractivity contribution is 0.942. The van der Waals surface area contributed by atoms with E-state index in [9.17, 15) is 0 Å². The Kier molecular flexibility index (Phi) is 1.59. The molecule has 0 unspecified atom stereocenters. The van der Waals surface area contributed by atoms with Gasteiger partial charge in [-0.3, -0.25) is 10.2 Å². The highest BCUT2D eigenvalue weighted by molar-refractivity contribution is 7.79. The summed E-state index contributed by atoms with van der Waals surface area (Å²) < 4.78 is 0. The molecule has 1 rings (SSSR count). The minimum absolute atomic E-state index is 0.159. The lowest BCUT2D eigenvalue weighted by Crippen LogP contribution is -1.99. The molecule has 2 nitrogen and oxygen atoms in total. The fraction of sp³-hybridized carbons (Fsp3) is 1.00. The molecule has 1 aliphatic heterocycles. The molecule has 2 N–H and O–H groups in total. The van der Waals surface area contributed by atoms with E-state index in [1.54, 1.807) is 0 Å². The minimum atomic E-state index is -0.159. The average Bonchev–Trinajstić information content (AvgIpc) is 1.86. The summed E-state index contributed by atoms with van der Waals surface area (Å²) in [5.41, 5.74) is 0. The maximum atomic E-state index is 3.43. The molecule has 0 atom stereocenters. The fourth-order valence-corrected chi connectivity index (χ4v) is 1.84. The lowest BCUT2D eigenvalue weighted by Gasteiger charge is -1.96. The second kappa shape index (κ2) is 2.03. The summed E-state index contributed by atoms with van der Waals surface area (Å²) in [5, 5.41) is 6.37. The van der Waals surface area contributed by atoms with Gasteiger partial charge in [-0.1, -0.05) is 0 Å². The highest BCUT2D eigenvalue weighted by atomic mass is 31.4. The van der Waals surface area contributed by atoms with Crippen molar-refractivity contribution >= 4 is 17.7 Å². The van der Waals surface area contributed by atoms with Crippen LogP contribution in [0.1, 0.15) is 0 Å². The highest BCUT2D eigenvalue weighted by Crippen LogP contribution is 2.18. The Morgan fingerprint density at radius 1 is 1.33 bits per heavy atom. The summed E-state index contributed by atoms with van der Waals surface area (Å²) in [6.07, 6.45) is 0. The fourth-order valence-electron chi connectivity index (χ4n) is 0.391. The van der Waals surface area contributed by atoms with Crippen molar-refractivity contribution in [3.8, 4) is 0 Å². The monoisotopic (exact) mass is 117 g/mol. The van der Waals surface area contributed by atoms with Crippen LogP contribution in [0.25, 0.3) is 0 Å². The van der Waals surface area contributed by atoms with E-state index in [1.165, 1.54) is 0 Å². The van der Waals surface area contributed by atoms with Gasteiger partial charge in [-0.2, -0.15) is 0 Å². The molecule has 6 heavy (non-hydrogen) atoms. The second-order valence-corrected chi connectivity index (χ2v) is 3.80. The van der Waals surface area contributed by atoms with Crippen molar-refractivity contribution in [1.29, 1.82) is 0 Å². The van der Waals surface area contributed by atoms with E-state index in [0.29, 0.717) is 0 Å². The van der Waals surface area contributed by atoms with Crippen molar-refractivity contribution in [3.63, 3.8) is 0 Å². The first-order valence-electron chi connectivity index (χ1n) is 1.88. The third-order valence-corrected chi connectivity index (χ3v) is 2.69. The van der Waals surface area contributed by atoms with Gasteiger partial charge in [0.25, 0.3) is 0 Å². The van der Waals surface area contributed by atoms with E-state index in [4.69, 9.17) is 0 Å². The molecule has 0 aromatic rings. The minimum Gasteiger partial charge on any atom is -0.287 e. The number of hydrogen-bond acceptors (Lipinski definition) is 2. The van der Waals surface area contributed by atoms with Crippen LogP contribution in [0.2, 0.25) is 0 Å². The molecule has 0 bridgehead atoms. The molecule has 33 valence electrons. The van der Waals surface area contributed by atoms with Gasteiger partial charge in [-0.15, -0.1) is 0 Å². The van der Waals surface area contributed by atoms with Crippen LogP contribution in [0.3, 0.4) is 0 Å². The van der Waals surface area contributed by atoms with Gasteiger partial charge in [0, 0.05) is 20.9 Å². The maximum Gasteiger partial charge on any atom is 0.109 e. The van der Waals surface area contributed by atoms with Crippen LogP contribution in [0.5, 0.6) is 0 Å². The Labute approximate surface area is 41.8 Å². The zero-order valence-electron chi connectivity index (χ0n) is 3.36. The highest BCUT2D eigenvalue weighted by Gasteiger charge is 2.03. The van der Waals surface area contributed by atoms with E-state index in [2.05, 4.69) is 20.1 Å².